The molecule has 2 atom stereocenters. The highest BCUT2D eigenvalue weighted by atomic mass is 16.5. The fraction of sp³-hybridized carbons (Fsp3) is 0.625. The molecule has 2 unspecified atom stereocenters. The molecule has 0 aromatic heterocycles. The standard InChI is InChI=1S/C16H26N2O/c1-12-5-6-16(13(2)9-12)14(3)17-10-15-11-18(4)7-8-19-15/h5-6,9,14-15,17H,7-8,10-11H2,1-4H3. The van der Waals surface area contributed by atoms with Gasteiger partial charge in [0.2, 0.25) is 0 Å². The fourth-order valence-corrected chi connectivity index (χ4v) is 2.72. The van der Waals surface area contributed by atoms with Gasteiger partial charge in [-0.1, -0.05) is 23.8 Å². The van der Waals surface area contributed by atoms with Crippen LogP contribution in [-0.2, 0) is 4.74 Å². The summed E-state index contributed by atoms with van der Waals surface area (Å²) in [6.45, 7) is 10.4. The molecule has 3 nitrogen and oxygen atoms in total. The normalized spacial score (nSPS) is 22.4. The van der Waals surface area contributed by atoms with Gasteiger partial charge in [-0.15, -0.1) is 0 Å². The molecule has 19 heavy (non-hydrogen) atoms. The second-order valence-corrected chi connectivity index (χ2v) is 5.75. The molecule has 1 aromatic rings. The molecule has 106 valence electrons. The molecule has 1 saturated heterocycles. The van der Waals surface area contributed by atoms with E-state index < -0.39 is 0 Å². The third kappa shape index (κ3) is 4.03. The van der Waals surface area contributed by atoms with Crippen molar-refractivity contribution in [1.29, 1.82) is 0 Å². The Morgan fingerprint density at radius 3 is 2.89 bits per heavy atom. The molecule has 1 aliphatic heterocycles. The zero-order valence-electron chi connectivity index (χ0n) is 12.6. The van der Waals surface area contributed by atoms with Crippen LogP contribution < -0.4 is 5.32 Å². The SMILES string of the molecule is Cc1ccc(C(C)NCC2CN(C)CCO2)c(C)c1. The molecule has 0 amide bonds. The van der Waals surface area contributed by atoms with Gasteiger partial charge in [0.25, 0.3) is 0 Å². The number of morpholine rings is 1. The number of rotatable bonds is 4. The van der Waals surface area contributed by atoms with Crippen LogP contribution in [0.2, 0.25) is 0 Å². The third-order valence-corrected chi connectivity index (χ3v) is 3.89. The van der Waals surface area contributed by atoms with E-state index in [-0.39, 0.29) is 0 Å². The number of ether oxygens (including phenoxy) is 1. The zero-order valence-corrected chi connectivity index (χ0v) is 12.6. The molecular formula is C16H26N2O. The lowest BCUT2D eigenvalue weighted by Gasteiger charge is -2.31. The predicted octanol–water partition coefficient (Wildman–Crippen LogP) is 2.28. The molecule has 1 N–H and O–H groups in total. The largest absolute Gasteiger partial charge is 0.374 e. The number of benzene rings is 1. The van der Waals surface area contributed by atoms with Crippen LogP contribution in [0.3, 0.4) is 0 Å². The van der Waals surface area contributed by atoms with E-state index in [9.17, 15) is 0 Å². The summed E-state index contributed by atoms with van der Waals surface area (Å²) >= 11 is 0. The molecule has 0 saturated carbocycles. The molecule has 1 aliphatic rings. The van der Waals surface area contributed by atoms with Gasteiger partial charge in [0.15, 0.2) is 0 Å². The average molecular weight is 262 g/mol. The first kappa shape index (κ1) is 14.5. The predicted molar refractivity (Wildman–Crippen MR) is 79.6 cm³/mol. The van der Waals surface area contributed by atoms with Crippen LogP contribution in [0, 0.1) is 13.8 Å². The highest BCUT2D eigenvalue weighted by molar-refractivity contribution is 5.32. The minimum atomic E-state index is 0.312. The number of hydrogen-bond donors (Lipinski definition) is 1. The van der Waals surface area contributed by atoms with Crippen molar-refractivity contribution in [2.45, 2.75) is 32.9 Å². The molecule has 2 rings (SSSR count). The molecule has 1 heterocycles. The van der Waals surface area contributed by atoms with Crippen LogP contribution in [0.15, 0.2) is 18.2 Å². The van der Waals surface area contributed by atoms with Crippen molar-refractivity contribution < 1.29 is 4.74 Å². The second kappa shape index (κ2) is 6.51. The van der Waals surface area contributed by atoms with Crippen molar-refractivity contribution in [2.75, 3.05) is 33.3 Å². The number of hydrogen-bond acceptors (Lipinski definition) is 3. The molecule has 0 bridgehead atoms. The van der Waals surface area contributed by atoms with Gasteiger partial charge in [-0.05, 0) is 38.9 Å². The fourth-order valence-electron chi connectivity index (χ4n) is 2.72. The Balaban J connectivity index is 1.88. The van der Waals surface area contributed by atoms with E-state index >= 15 is 0 Å². The summed E-state index contributed by atoms with van der Waals surface area (Å²) in [5.74, 6) is 0. The van der Waals surface area contributed by atoms with Gasteiger partial charge in [0, 0.05) is 25.7 Å². The van der Waals surface area contributed by atoms with E-state index in [0.29, 0.717) is 12.1 Å². The van der Waals surface area contributed by atoms with E-state index in [1.54, 1.807) is 0 Å². The number of likely N-dealkylation sites (N-methyl/N-ethyl adjacent to an activating group) is 1. The number of aryl methyl sites for hydroxylation is 2. The lowest BCUT2D eigenvalue weighted by Crippen LogP contribution is -2.45. The Morgan fingerprint density at radius 1 is 1.42 bits per heavy atom. The summed E-state index contributed by atoms with van der Waals surface area (Å²) in [5.41, 5.74) is 4.07. The van der Waals surface area contributed by atoms with Crippen molar-refractivity contribution in [2.24, 2.45) is 0 Å². The smallest absolute Gasteiger partial charge is 0.0826 e. The third-order valence-electron chi connectivity index (χ3n) is 3.89. The summed E-state index contributed by atoms with van der Waals surface area (Å²) in [6.07, 6.45) is 0.312. The van der Waals surface area contributed by atoms with Crippen LogP contribution in [0.1, 0.15) is 29.7 Å². The Labute approximate surface area is 116 Å². The van der Waals surface area contributed by atoms with Crippen molar-refractivity contribution >= 4 is 0 Å². The van der Waals surface area contributed by atoms with E-state index in [4.69, 9.17) is 4.74 Å². The maximum atomic E-state index is 5.78. The van der Waals surface area contributed by atoms with Crippen molar-refractivity contribution in [3.05, 3.63) is 34.9 Å². The first-order valence-electron chi connectivity index (χ1n) is 7.17. The van der Waals surface area contributed by atoms with Crippen molar-refractivity contribution in [1.82, 2.24) is 10.2 Å². The van der Waals surface area contributed by atoms with Gasteiger partial charge >= 0.3 is 0 Å². The summed E-state index contributed by atoms with van der Waals surface area (Å²) in [6, 6.07) is 7.04. The first-order valence-corrected chi connectivity index (χ1v) is 7.17. The summed E-state index contributed by atoms with van der Waals surface area (Å²) < 4.78 is 5.78. The topological polar surface area (TPSA) is 24.5 Å². The van der Waals surface area contributed by atoms with E-state index in [1.165, 1.54) is 16.7 Å². The van der Waals surface area contributed by atoms with Gasteiger partial charge in [0.05, 0.1) is 12.7 Å². The summed E-state index contributed by atoms with van der Waals surface area (Å²) in [7, 11) is 2.16. The Hall–Kier alpha value is -0.900. The van der Waals surface area contributed by atoms with Crippen LogP contribution in [0.4, 0.5) is 0 Å². The van der Waals surface area contributed by atoms with Gasteiger partial charge in [-0.3, -0.25) is 0 Å². The van der Waals surface area contributed by atoms with E-state index in [0.717, 1.165) is 26.2 Å². The van der Waals surface area contributed by atoms with E-state index in [1.807, 2.05) is 0 Å². The lowest BCUT2D eigenvalue weighted by molar-refractivity contribution is -0.0191. The lowest BCUT2D eigenvalue weighted by atomic mass is 10.0. The monoisotopic (exact) mass is 262 g/mol. The maximum Gasteiger partial charge on any atom is 0.0826 e. The average Bonchev–Trinajstić information content (AvgIpc) is 2.36. The minimum Gasteiger partial charge on any atom is -0.374 e. The van der Waals surface area contributed by atoms with Gasteiger partial charge in [-0.25, -0.2) is 0 Å². The molecular weight excluding hydrogens is 236 g/mol. The summed E-state index contributed by atoms with van der Waals surface area (Å²) in [4.78, 5) is 2.33. The molecule has 0 radical (unpaired) electrons. The van der Waals surface area contributed by atoms with Crippen LogP contribution >= 0.6 is 0 Å². The second-order valence-electron chi connectivity index (χ2n) is 5.75. The van der Waals surface area contributed by atoms with E-state index in [2.05, 4.69) is 56.2 Å². The summed E-state index contributed by atoms with van der Waals surface area (Å²) in [5, 5.41) is 3.60. The van der Waals surface area contributed by atoms with Gasteiger partial charge < -0.3 is 15.0 Å². The van der Waals surface area contributed by atoms with Crippen LogP contribution in [0.25, 0.3) is 0 Å². The highest BCUT2D eigenvalue weighted by Crippen LogP contribution is 2.18. The number of nitrogens with one attached hydrogen (secondary N) is 1. The number of nitrogens with zero attached hydrogens (tertiary/aromatic N) is 1. The molecule has 0 aliphatic carbocycles. The molecule has 1 fully saturated rings. The van der Waals surface area contributed by atoms with Crippen LogP contribution in [-0.4, -0.2) is 44.3 Å². The van der Waals surface area contributed by atoms with Gasteiger partial charge in [-0.2, -0.15) is 0 Å². The minimum absolute atomic E-state index is 0.312. The Bertz CT molecular complexity index is 419. The first-order chi connectivity index (χ1) is 9.06. The molecule has 1 aromatic carbocycles. The van der Waals surface area contributed by atoms with Crippen LogP contribution in [0.5, 0.6) is 0 Å². The Morgan fingerprint density at radius 2 is 2.21 bits per heavy atom. The highest BCUT2D eigenvalue weighted by Gasteiger charge is 2.18. The Kier molecular flexibility index (Phi) is 4.97. The molecule has 3 heteroatoms. The maximum absolute atomic E-state index is 5.78. The zero-order chi connectivity index (χ0) is 13.8. The van der Waals surface area contributed by atoms with Crippen molar-refractivity contribution in [3.8, 4) is 0 Å². The molecule has 0 spiro atoms. The van der Waals surface area contributed by atoms with Crippen molar-refractivity contribution in [3.63, 3.8) is 0 Å². The quantitative estimate of drug-likeness (QED) is 0.901. The van der Waals surface area contributed by atoms with Gasteiger partial charge in [0.1, 0.15) is 0 Å².